The fourth-order valence-corrected chi connectivity index (χ4v) is 4.16. The van der Waals surface area contributed by atoms with Gasteiger partial charge in [-0.1, -0.05) is 18.6 Å². The fourth-order valence-electron chi connectivity index (χ4n) is 4.16. The second-order valence-electron chi connectivity index (χ2n) is 8.09. The number of carbonyl (C=O) groups excluding carboxylic acids is 2. The molecule has 2 fully saturated rings. The minimum absolute atomic E-state index is 0.199. The van der Waals surface area contributed by atoms with Crippen molar-refractivity contribution in [1.82, 2.24) is 10.2 Å². The molecule has 0 spiro atoms. The molecule has 29 heavy (non-hydrogen) atoms. The first-order chi connectivity index (χ1) is 14.0. The lowest BCUT2D eigenvalue weighted by Crippen LogP contribution is -2.47. The van der Waals surface area contributed by atoms with Crippen molar-refractivity contribution in [2.24, 2.45) is 0 Å². The average Bonchev–Trinajstić information content (AvgIpc) is 2.71. The van der Waals surface area contributed by atoms with Gasteiger partial charge in [-0.05, 0) is 75.4 Å². The van der Waals surface area contributed by atoms with E-state index in [9.17, 15) is 14.4 Å². The SMILES string of the molecule is O=C(O)CCCCCN1CCC(c2ccc(NC3CCC(=O)NC3=O)cc2)CC1. The van der Waals surface area contributed by atoms with Gasteiger partial charge < -0.3 is 15.3 Å². The quantitative estimate of drug-likeness (QED) is 0.435. The van der Waals surface area contributed by atoms with E-state index in [0.717, 1.165) is 57.4 Å². The Balaban J connectivity index is 1.39. The molecule has 158 valence electrons. The number of carboxylic acid groups (broad SMARTS) is 1. The van der Waals surface area contributed by atoms with Crippen LogP contribution in [0.3, 0.4) is 0 Å². The number of nitrogens with zero attached hydrogens (tertiary/aromatic N) is 1. The van der Waals surface area contributed by atoms with Crippen molar-refractivity contribution in [1.29, 1.82) is 0 Å². The fraction of sp³-hybridized carbons (Fsp3) is 0.591. The van der Waals surface area contributed by atoms with E-state index >= 15 is 0 Å². The molecule has 7 nitrogen and oxygen atoms in total. The van der Waals surface area contributed by atoms with Gasteiger partial charge in [0.2, 0.25) is 11.8 Å². The first-order valence-electron chi connectivity index (χ1n) is 10.7. The minimum atomic E-state index is -0.704. The van der Waals surface area contributed by atoms with Crippen LogP contribution in [-0.4, -0.2) is 53.5 Å². The molecule has 1 atom stereocenters. The van der Waals surface area contributed by atoms with Crippen LogP contribution in [0.15, 0.2) is 24.3 Å². The summed E-state index contributed by atoms with van der Waals surface area (Å²) in [5.74, 6) is -0.595. The monoisotopic (exact) mass is 401 g/mol. The summed E-state index contributed by atoms with van der Waals surface area (Å²) in [5, 5.41) is 14.3. The molecule has 2 amide bonds. The summed E-state index contributed by atoms with van der Waals surface area (Å²) in [7, 11) is 0. The molecule has 1 unspecified atom stereocenters. The number of anilines is 1. The van der Waals surface area contributed by atoms with Gasteiger partial charge in [-0.2, -0.15) is 0 Å². The molecule has 0 bridgehead atoms. The lowest BCUT2D eigenvalue weighted by molar-refractivity contribution is -0.137. The summed E-state index contributed by atoms with van der Waals surface area (Å²) in [5.41, 5.74) is 2.24. The van der Waals surface area contributed by atoms with E-state index in [1.165, 1.54) is 5.56 Å². The lowest BCUT2D eigenvalue weighted by Gasteiger charge is -2.32. The number of likely N-dealkylation sites (tertiary alicyclic amines) is 1. The number of unbranched alkanes of at least 4 members (excludes halogenated alkanes) is 2. The molecule has 1 aromatic rings. The lowest BCUT2D eigenvalue weighted by atomic mass is 9.89. The Morgan fingerprint density at radius 3 is 2.45 bits per heavy atom. The molecule has 0 aromatic heterocycles. The first-order valence-corrected chi connectivity index (χ1v) is 10.7. The number of hydrogen-bond acceptors (Lipinski definition) is 5. The highest BCUT2D eigenvalue weighted by molar-refractivity contribution is 6.01. The van der Waals surface area contributed by atoms with E-state index in [2.05, 4.69) is 27.7 Å². The standard InChI is InChI=1S/C22H31N3O4/c26-20-10-9-19(22(29)24-20)23-18-7-5-16(6-8-18)17-11-14-25(15-12-17)13-3-1-2-4-21(27)28/h5-8,17,19,23H,1-4,9-15H2,(H,27,28)(H,24,26,29). The maximum atomic E-state index is 11.9. The van der Waals surface area contributed by atoms with Crippen molar-refractivity contribution >= 4 is 23.5 Å². The number of rotatable bonds is 9. The molecule has 1 aromatic carbocycles. The number of carbonyl (C=O) groups is 3. The molecule has 7 heteroatoms. The third-order valence-corrected chi connectivity index (χ3v) is 5.91. The number of carboxylic acids is 1. The summed E-state index contributed by atoms with van der Waals surface area (Å²) in [6.07, 6.45) is 6.26. The van der Waals surface area contributed by atoms with Crippen molar-refractivity contribution in [3.63, 3.8) is 0 Å². The Morgan fingerprint density at radius 1 is 1.07 bits per heavy atom. The van der Waals surface area contributed by atoms with Crippen LogP contribution in [0.4, 0.5) is 5.69 Å². The van der Waals surface area contributed by atoms with Gasteiger partial charge in [0, 0.05) is 18.5 Å². The van der Waals surface area contributed by atoms with Gasteiger partial charge in [0.15, 0.2) is 0 Å². The Kier molecular flexibility index (Phi) is 7.63. The van der Waals surface area contributed by atoms with Crippen LogP contribution in [0.25, 0.3) is 0 Å². The van der Waals surface area contributed by atoms with E-state index in [0.29, 0.717) is 18.8 Å². The Morgan fingerprint density at radius 2 is 1.79 bits per heavy atom. The zero-order chi connectivity index (χ0) is 20.6. The van der Waals surface area contributed by atoms with Gasteiger partial charge in [0.25, 0.3) is 0 Å². The minimum Gasteiger partial charge on any atom is -0.481 e. The number of piperidine rings is 2. The first kappa shape index (κ1) is 21.3. The highest BCUT2D eigenvalue weighted by Crippen LogP contribution is 2.29. The van der Waals surface area contributed by atoms with Gasteiger partial charge in [-0.25, -0.2) is 0 Å². The molecule has 0 radical (unpaired) electrons. The van der Waals surface area contributed by atoms with Crippen LogP contribution >= 0.6 is 0 Å². The molecule has 3 N–H and O–H groups in total. The van der Waals surface area contributed by atoms with Crippen LogP contribution in [0.1, 0.15) is 62.8 Å². The van der Waals surface area contributed by atoms with Crippen molar-refractivity contribution in [3.8, 4) is 0 Å². The van der Waals surface area contributed by atoms with Crippen molar-refractivity contribution in [2.45, 2.75) is 63.3 Å². The van der Waals surface area contributed by atoms with Gasteiger partial charge >= 0.3 is 5.97 Å². The Hall–Kier alpha value is -2.41. The maximum absolute atomic E-state index is 11.9. The predicted molar refractivity (Wildman–Crippen MR) is 111 cm³/mol. The average molecular weight is 402 g/mol. The molecule has 2 heterocycles. The molecule has 3 rings (SSSR count). The number of nitrogens with one attached hydrogen (secondary N) is 2. The van der Waals surface area contributed by atoms with E-state index < -0.39 is 5.97 Å². The van der Waals surface area contributed by atoms with E-state index in [4.69, 9.17) is 5.11 Å². The number of hydrogen-bond donors (Lipinski definition) is 3. The maximum Gasteiger partial charge on any atom is 0.303 e. The zero-order valence-corrected chi connectivity index (χ0v) is 16.9. The van der Waals surface area contributed by atoms with Crippen LogP contribution in [-0.2, 0) is 14.4 Å². The summed E-state index contributed by atoms with van der Waals surface area (Å²) >= 11 is 0. The van der Waals surface area contributed by atoms with E-state index in [-0.39, 0.29) is 24.3 Å². The molecular formula is C22H31N3O4. The number of benzene rings is 1. The van der Waals surface area contributed by atoms with Gasteiger partial charge in [-0.3, -0.25) is 19.7 Å². The molecular weight excluding hydrogens is 370 g/mol. The molecule has 0 saturated carbocycles. The largest absolute Gasteiger partial charge is 0.481 e. The van der Waals surface area contributed by atoms with Crippen LogP contribution in [0, 0.1) is 0 Å². The van der Waals surface area contributed by atoms with Crippen LogP contribution in [0.5, 0.6) is 0 Å². The van der Waals surface area contributed by atoms with Gasteiger partial charge in [-0.15, -0.1) is 0 Å². The topological polar surface area (TPSA) is 98.7 Å². The Labute approximate surface area is 171 Å². The third-order valence-electron chi connectivity index (χ3n) is 5.91. The molecule has 0 aliphatic carbocycles. The van der Waals surface area contributed by atoms with Crippen LogP contribution < -0.4 is 10.6 Å². The highest BCUT2D eigenvalue weighted by atomic mass is 16.4. The van der Waals surface area contributed by atoms with E-state index in [1.807, 2.05) is 12.1 Å². The Bertz CT molecular complexity index is 711. The summed E-state index contributed by atoms with van der Waals surface area (Å²) < 4.78 is 0. The highest BCUT2D eigenvalue weighted by Gasteiger charge is 2.26. The van der Waals surface area contributed by atoms with E-state index in [1.54, 1.807) is 0 Å². The summed E-state index contributed by atoms with van der Waals surface area (Å²) in [6, 6.07) is 7.97. The molecule has 2 aliphatic heterocycles. The summed E-state index contributed by atoms with van der Waals surface area (Å²) in [4.78, 5) is 36.1. The second kappa shape index (κ2) is 10.4. The number of imide groups is 1. The normalized spacial score (nSPS) is 21.0. The number of amides is 2. The van der Waals surface area contributed by atoms with Crippen molar-refractivity contribution in [2.75, 3.05) is 25.0 Å². The third kappa shape index (κ3) is 6.56. The number of aliphatic carboxylic acids is 1. The molecule has 2 aliphatic rings. The zero-order valence-electron chi connectivity index (χ0n) is 16.9. The van der Waals surface area contributed by atoms with Crippen molar-refractivity contribution in [3.05, 3.63) is 29.8 Å². The second-order valence-corrected chi connectivity index (χ2v) is 8.09. The summed E-state index contributed by atoms with van der Waals surface area (Å²) in [6.45, 7) is 3.22. The van der Waals surface area contributed by atoms with Crippen LogP contribution in [0.2, 0.25) is 0 Å². The smallest absolute Gasteiger partial charge is 0.303 e. The van der Waals surface area contributed by atoms with Gasteiger partial charge in [0.1, 0.15) is 6.04 Å². The van der Waals surface area contributed by atoms with Gasteiger partial charge in [0.05, 0.1) is 0 Å². The molecule has 2 saturated heterocycles. The van der Waals surface area contributed by atoms with Crippen molar-refractivity contribution < 1.29 is 19.5 Å². The predicted octanol–water partition coefficient (Wildman–Crippen LogP) is 2.73.